The SMILES string of the molecule is CC(C)C1=CC2C(C=C1)c1ccc(N(c3ccccc3)c3ccc4ccccc4c3)cc1C2(C)C. The molecule has 0 bridgehead atoms. The lowest BCUT2D eigenvalue weighted by molar-refractivity contribution is 0.390. The summed E-state index contributed by atoms with van der Waals surface area (Å²) in [7, 11) is 0. The smallest absolute Gasteiger partial charge is 0.0468 e. The molecule has 6 rings (SSSR count). The lowest BCUT2D eigenvalue weighted by atomic mass is 9.72. The number of allylic oxidation sites excluding steroid dienone is 4. The second kappa shape index (κ2) is 8.27. The molecular formula is C34H33N. The first kappa shape index (κ1) is 21.9. The molecule has 0 heterocycles. The van der Waals surface area contributed by atoms with Crippen molar-refractivity contribution >= 4 is 27.8 Å². The van der Waals surface area contributed by atoms with E-state index >= 15 is 0 Å². The van der Waals surface area contributed by atoms with Gasteiger partial charge in [-0.05, 0) is 81.1 Å². The van der Waals surface area contributed by atoms with E-state index < -0.39 is 0 Å². The molecule has 0 N–H and O–H groups in total. The van der Waals surface area contributed by atoms with Crippen LogP contribution in [0.1, 0.15) is 44.7 Å². The standard InChI is InChI=1S/C34H33N/c1-23(2)25-15-18-30-31-19-17-29(22-33(31)34(3,4)32(30)21-25)35(27-12-6-5-7-13-27)28-16-14-24-10-8-9-11-26(24)20-28/h5-23,30,32H,1-4H3. The van der Waals surface area contributed by atoms with Crippen LogP contribution in [0.2, 0.25) is 0 Å². The Kier molecular flexibility index (Phi) is 5.18. The first-order chi connectivity index (χ1) is 16.9. The highest BCUT2D eigenvalue weighted by Crippen LogP contribution is 2.55. The summed E-state index contributed by atoms with van der Waals surface area (Å²) in [6, 6.07) is 33.3. The van der Waals surface area contributed by atoms with Crippen LogP contribution in [0.4, 0.5) is 17.1 Å². The Hall–Kier alpha value is -3.58. The third-order valence-corrected chi connectivity index (χ3v) is 8.11. The summed E-state index contributed by atoms with van der Waals surface area (Å²) in [5, 5.41) is 2.53. The van der Waals surface area contributed by atoms with Crippen molar-refractivity contribution in [3.05, 3.63) is 126 Å². The Bertz CT molecular complexity index is 1450. The maximum absolute atomic E-state index is 2.55. The summed E-state index contributed by atoms with van der Waals surface area (Å²) in [4.78, 5) is 2.40. The molecule has 0 fully saturated rings. The molecule has 4 aromatic carbocycles. The summed E-state index contributed by atoms with van der Waals surface area (Å²) in [6.07, 6.45) is 7.36. The minimum absolute atomic E-state index is 0.0760. The van der Waals surface area contributed by atoms with Crippen molar-refractivity contribution in [3.8, 4) is 0 Å². The molecule has 0 saturated heterocycles. The highest BCUT2D eigenvalue weighted by molar-refractivity contribution is 5.89. The minimum atomic E-state index is 0.0760. The van der Waals surface area contributed by atoms with Crippen LogP contribution >= 0.6 is 0 Å². The lowest BCUT2D eigenvalue weighted by Gasteiger charge is -2.32. The molecule has 2 aliphatic carbocycles. The Morgan fingerprint density at radius 3 is 2.17 bits per heavy atom. The van der Waals surface area contributed by atoms with Crippen LogP contribution < -0.4 is 4.90 Å². The van der Waals surface area contributed by atoms with E-state index in [-0.39, 0.29) is 5.41 Å². The van der Waals surface area contributed by atoms with Crippen LogP contribution in [0, 0.1) is 11.8 Å². The maximum atomic E-state index is 2.55. The Balaban J connectivity index is 1.49. The molecule has 1 nitrogen and oxygen atoms in total. The molecule has 1 heteroatoms. The Morgan fingerprint density at radius 2 is 1.40 bits per heavy atom. The average molecular weight is 456 g/mol. The van der Waals surface area contributed by atoms with Crippen molar-refractivity contribution in [1.82, 2.24) is 0 Å². The van der Waals surface area contributed by atoms with Gasteiger partial charge in [-0.15, -0.1) is 0 Å². The van der Waals surface area contributed by atoms with E-state index in [2.05, 4.69) is 142 Å². The second-order valence-corrected chi connectivity index (χ2v) is 10.9. The monoisotopic (exact) mass is 455 g/mol. The lowest BCUT2D eigenvalue weighted by Crippen LogP contribution is -2.26. The predicted molar refractivity (Wildman–Crippen MR) is 150 cm³/mol. The number of rotatable bonds is 4. The van der Waals surface area contributed by atoms with Crippen molar-refractivity contribution in [2.75, 3.05) is 4.90 Å². The number of fused-ring (bicyclic) bond motifs is 4. The summed E-state index contributed by atoms with van der Waals surface area (Å²) in [5.41, 5.74) is 8.07. The summed E-state index contributed by atoms with van der Waals surface area (Å²) in [5.74, 6) is 1.52. The van der Waals surface area contributed by atoms with Gasteiger partial charge in [0, 0.05) is 23.0 Å². The first-order valence-electron chi connectivity index (χ1n) is 12.8. The van der Waals surface area contributed by atoms with Gasteiger partial charge in [0.25, 0.3) is 0 Å². The first-order valence-corrected chi connectivity index (χ1v) is 12.8. The molecule has 0 saturated carbocycles. The topological polar surface area (TPSA) is 3.24 Å². The third kappa shape index (κ3) is 3.62. The van der Waals surface area contributed by atoms with E-state index in [0.717, 1.165) is 0 Å². The number of hydrogen-bond donors (Lipinski definition) is 0. The van der Waals surface area contributed by atoms with Crippen molar-refractivity contribution in [1.29, 1.82) is 0 Å². The molecule has 4 aromatic rings. The fourth-order valence-electron chi connectivity index (χ4n) is 6.09. The van der Waals surface area contributed by atoms with Crippen molar-refractivity contribution < 1.29 is 0 Å². The van der Waals surface area contributed by atoms with Gasteiger partial charge in [-0.2, -0.15) is 0 Å². The molecule has 0 amide bonds. The van der Waals surface area contributed by atoms with Gasteiger partial charge in [0.2, 0.25) is 0 Å². The van der Waals surface area contributed by atoms with E-state index in [1.165, 1.54) is 44.5 Å². The number of nitrogens with zero attached hydrogens (tertiary/aromatic N) is 1. The molecule has 2 aliphatic rings. The molecule has 0 aromatic heterocycles. The molecule has 0 spiro atoms. The zero-order valence-electron chi connectivity index (χ0n) is 21.1. The van der Waals surface area contributed by atoms with E-state index in [1.807, 2.05) is 0 Å². The van der Waals surface area contributed by atoms with Gasteiger partial charge in [0.05, 0.1) is 0 Å². The van der Waals surface area contributed by atoms with Gasteiger partial charge in [0.15, 0.2) is 0 Å². The van der Waals surface area contributed by atoms with Gasteiger partial charge in [0.1, 0.15) is 0 Å². The number of hydrogen-bond acceptors (Lipinski definition) is 1. The quantitative estimate of drug-likeness (QED) is 0.296. The van der Waals surface area contributed by atoms with Crippen LogP contribution in [0.15, 0.2) is 115 Å². The Morgan fingerprint density at radius 1 is 0.714 bits per heavy atom. The van der Waals surface area contributed by atoms with E-state index in [9.17, 15) is 0 Å². The number of para-hydroxylation sites is 1. The maximum Gasteiger partial charge on any atom is 0.0468 e. The molecular weight excluding hydrogens is 422 g/mol. The predicted octanol–water partition coefficient (Wildman–Crippen LogP) is 9.45. The van der Waals surface area contributed by atoms with Crippen LogP contribution in [0.5, 0.6) is 0 Å². The zero-order valence-corrected chi connectivity index (χ0v) is 21.1. The van der Waals surface area contributed by atoms with Crippen LogP contribution in [0.3, 0.4) is 0 Å². The second-order valence-electron chi connectivity index (χ2n) is 10.9. The molecule has 2 atom stereocenters. The largest absolute Gasteiger partial charge is 0.310 e. The molecule has 174 valence electrons. The molecule has 2 unspecified atom stereocenters. The zero-order chi connectivity index (χ0) is 24.2. The van der Waals surface area contributed by atoms with Crippen LogP contribution in [0.25, 0.3) is 10.8 Å². The molecule has 0 aliphatic heterocycles. The van der Waals surface area contributed by atoms with Crippen molar-refractivity contribution in [2.24, 2.45) is 11.8 Å². The van der Waals surface area contributed by atoms with E-state index in [1.54, 1.807) is 0 Å². The van der Waals surface area contributed by atoms with Crippen molar-refractivity contribution in [2.45, 2.75) is 39.0 Å². The number of benzene rings is 4. The average Bonchev–Trinajstić information content (AvgIpc) is 3.11. The minimum Gasteiger partial charge on any atom is -0.310 e. The number of anilines is 3. The summed E-state index contributed by atoms with van der Waals surface area (Å²) in [6.45, 7) is 9.45. The van der Waals surface area contributed by atoms with E-state index in [4.69, 9.17) is 0 Å². The highest BCUT2D eigenvalue weighted by atomic mass is 15.1. The normalized spacial score (nSPS) is 20.0. The fraction of sp³-hybridized carbons (Fsp3) is 0.235. The van der Waals surface area contributed by atoms with E-state index in [0.29, 0.717) is 17.8 Å². The van der Waals surface area contributed by atoms with Crippen LogP contribution in [-0.4, -0.2) is 0 Å². The Labute approximate surface area is 209 Å². The fourth-order valence-corrected chi connectivity index (χ4v) is 6.09. The summed E-state index contributed by atoms with van der Waals surface area (Å²) < 4.78 is 0. The van der Waals surface area contributed by atoms with Gasteiger partial charge < -0.3 is 4.90 Å². The third-order valence-electron chi connectivity index (χ3n) is 8.11. The van der Waals surface area contributed by atoms with Crippen molar-refractivity contribution in [3.63, 3.8) is 0 Å². The van der Waals surface area contributed by atoms with Gasteiger partial charge >= 0.3 is 0 Å². The highest BCUT2D eigenvalue weighted by Gasteiger charge is 2.45. The van der Waals surface area contributed by atoms with Gasteiger partial charge in [-0.1, -0.05) is 101 Å². The summed E-state index contributed by atoms with van der Waals surface area (Å²) >= 11 is 0. The van der Waals surface area contributed by atoms with Gasteiger partial charge in [-0.25, -0.2) is 0 Å². The van der Waals surface area contributed by atoms with Crippen LogP contribution in [-0.2, 0) is 5.41 Å². The molecule has 35 heavy (non-hydrogen) atoms. The molecule has 0 radical (unpaired) electrons. The van der Waals surface area contributed by atoms with Gasteiger partial charge in [-0.3, -0.25) is 0 Å².